The molecule has 1 N–H and O–H groups in total. The smallest absolute Gasteiger partial charge is 0.387 e. The number of likely N-dealkylation sites (tertiary alicyclic amines) is 1. The van der Waals surface area contributed by atoms with E-state index in [1.807, 2.05) is 17.0 Å². The summed E-state index contributed by atoms with van der Waals surface area (Å²) in [5, 5.41) is 9.84. The molecular weight excluding hydrogens is 352 g/mol. The SMILES string of the molecule is Cc1cc([C@H]2CCC3(C2)CN(C(=O)[C@H]2C[C@@](C)(O)C2)C3)ccc1OC(F)F. The Morgan fingerprint density at radius 2 is 2.00 bits per heavy atom. The molecule has 1 aliphatic heterocycles. The van der Waals surface area contributed by atoms with Crippen molar-refractivity contribution in [1.82, 2.24) is 4.90 Å². The van der Waals surface area contributed by atoms with Crippen molar-refractivity contribution in [2.75, 3.05) is 13.1 Å². The van der Waals surface area contributed by atoms with Crippen LogP contribution in [0, 0.1) is 18.3 Å². The van der Waals surface area contributed by atoms with Gasteiger partial charge in [0.1, 0.15) is 5.75 Å². The van der Waals surface area contributed by atoms with Gasteiger partial charge < -0.3 is 14.7 Å². The second kappa shape index (κ2) is 6.43. The zero-order valence-electron chi connectivity index (χ0n) is 15.9. The molecule has 1 heterocycles. The Hall–Kier alpha value is -1.69. The van der Waals surface area contributed by atoms with Crippen LogP contribution in [0.25, 0.3) is 0 Å². The van der Waals surface area contributed by atoms with Crippen molar-refractivity contribution >= 4 is 5.91 Å². The number of rotatable bonds is 4. The van der Waals surface area contributed by atoms with E-state index < -0.39 is 12.2 Å². The van der Waals surface area contributed by atoms with Crippen molar-refractivity contribution in [2.45, 2.75) is 64.1 Å². The molecular formula is C21H27F2NO3. The van der Waals surface area contributed by atoms with Gasteiger partial charge in [-0.15, -0.1) is 0 Å². The largest absolute Gasteiger partial charge is 0.435 e. The average Bonchev–Trinajstić information content (AvgIpc) is 2.97. The quantitative estimate of drug-likeness (QED) is 0.864. The number of benzene rings is 1. The molecule has 0 unspecified atom stereocenters. The predicted octanol–water partition coefficient (Wildman–Crippen LogP) is 3.85. The van der Waals surface area contributed by atoms with Crippen LogP contribution in [0.5, 0.6) is 5.75 Å². The van der Waals surface area contributed by atoms with Crippen LogP contribution in [0.2, 0.25) is 0 Å². The number of halogens is 2. The van der Waals surface area contributed by atoms with Crippen LogP contribution in [0.3, 0.4) is 0 Å². The Labute approximate surface area is 158 Å². The summed E-state index contributed by atoms with van der Waals surface area (Å²) in [6.45, 7) is 2.40. The average molecular weight is 379 g/mol. The summed E-state index contributed by atoms with van der Waals surface area (Å²) >= 11 is 0. The number of hydrogen-bond acceptors (Lipinski definition) is 3. The third-order valence-corrected chi connectivity index (χ3v) is 6.67. The van der Waals surface area contributed by atoms with E-state index >= 15 is 0 Å². The van der Waals surface area contributed by atoms with E-state index in [0.29, 0.717) is 18.8 Å². The third-order valence-electron chi connectivity index (χ3n) is 6.67. The van der Waals surface area contributed by atoms with Crippen molar-refractivity contribution in [3.63, 3.8) is 0 Å². The fraction of sp³-hybridized carbons (Fsp3) is 0.667. The molecule has 4 nitrogen and oxygen atoms in total. The third kappa shape index (κ3) is 3.56. The van der Waals surface area contributed by atoms with Gasteiger partial charge in [-0.2, -0.15) is 8.78 Å². The lowest BCUT2D eigenvalue weighted by Crippen LogP contribution is -2.61. The lowest BCUT2D eigenvalue weighted by Gasteiger charge is -2.52. The fourth-order valence-corrected chi connectivity index (χ4v) is 5.29. The number of aryl methyl sites for hydroxylation is 1. The molecule has 27 heavy (non-hydrogen) atoms. The van der Waals surface area contributed by atoms with Gasteiger partial charge in [-0.1, -0.05) is 12.1 Å². The highest BCUT2D eigenvalue weighted by Gasteiger charge is 2.53. The molecule has 3 aliphatic rings. The fourth-order valence-electron chi connectivity index (χ4n) is 5.29. The summed E-state index contributed by atoms with van der Waals surface area (Å²) in [5.74, 6) is 0.823. The molecule has 1 aromatic rings. The zero-order valence-corrected chi connectivity index (χ0v) is 15.9. The van der Waals surface area contributed by atoms with Crippen molar-refractivity contribution < 1.29 is 23.4 Å². The van der Waals surface area contributed by atoms with Gasteiger partial charge in [-0.05, 0) is 69.1 Å². The van der Waals surface area contributed by atoms with Gasteiger partial charge in [-0.25, -0.2) is 0 Å². The minimum atomic E-state index is -2.80. The van der Waals surface area contributed by atoms with E-state index in [9.17, 15) is 18.7 Å². The molecule has 1 amide bonds. The van der Waals surface area contributed by atoms with Gasteiger partial charge in [0.15, 0.2) is 0 Å². The van der Waals surface area contributed by atoms with Gasteiger partial charge >= 0.3 is 6.61 Å². The highest BCUT2D eigenvalue weighted by atomic mass is 19.3. The number of hydrogen-bond donors (Lipinski definition) is 1. The summed E-state index contributed by atoms with van der Waals surface area (Å²) in [7, 11) is 0. The maximum atomic E-state index is 12.5. The normalized spacial score (nSPS) is 31.7. The van der Waals surface area contributed by atoms with Crippen molar-refractivity contribution in [3.05, 3.63) is 29.3 Å². The molecule has 2 saturated carbocycles. The number of carbonyl (C=O) groups excluding carboxylic acids is 1. The van der Waals surface area contributed by atoms with Crippen molar-refractivity contribution in [1.29, 1.82) is 0 Å². The summed E-state index contributed by atoms with van der Waals surface area (Å²) in [5.41, 5.74) is 1.44. The first-order valence-electron chi connectivity index (χ1n) is 9.73. The van der Waals surface area contributed by atoms with Crippen LogP contribution in [0.15, 0.2) is 18.2 Å². The zero-order chi connectivity index (χ0) is 19.4. The molecule has 1 aromatic carbocycles. The number of alkyl halides is 2. The molecule has 0 aromatic heterocycles. The van der Waals surface area contributed by atoms with E-state index in [-0.39, 0.29) is 23.0 Å². The van der Waals surface area contributed by atoms with E-state index in [1.54, 1.807) is 19.9 Å². The standard InChI is InChI=1S/C21H27F2NO3/c1-13-7-14(3-4-17(13)27-19(22)23)15-5-6-21(10-15)11-24(12-21)18(25)16-8-20(2,26)9-16/h3-4,7,15-16,19,26H,5-6,8-12H2,1-2H3/t15-,16-,20+/m0/s1. The molecule has 4 rings (SSSR count). The van der Waals surface area contributed by atoms with Gasteiger partial charge in [0.2, 0.25) is 5.91 Å². The van der Waals surface area contributed by atoms with E-state index in [2.05, 4.69) is 4.74 Å². The minimum absolute atomic E-state index is 0.0143. The monoisotopic (exact) mass is 379 g/mol. The Morgan fingerprint density at radius 3 is 2.59 bits per heavy atom. The van der Waals surface area contributed by atoms with Crippen molar-refractivity contribution in [2.24, 2.45) is 11.3 Å². The van der Waals surface area contributed by atoms with E-state index in [1.165, 1.54) is 5.56 Å². The molecule has 3 fully saturated rings. The van der Waals surface area contributed by atoms with Crippen LogP contribution < -0.4 is 4.74 Å². The van der Waals surface area contributed by atoms with E-state index in [4.69, 9.17) is 0 Å². The second-order valence-corrected chi connectivity index (χ2v) is 9.14. The maximum Gasteiger partial charge on any atom is 0.387 e. The van der Waals surface area contributed by atoms with Crippen LogP contribution >= 0.6 is 0 Å². The number of amides is 1. The summed E-state index contributed by atoms with van der Waals surface area (Å²) < 4.78 is 29.4. The molecule has 1 spiro atoms. The molecule has 148 valence electrons. The molecule has 1 atom stereocenters. The first-order valence-corrected chi connectivity index (χ1v) is 9.73. The second-order valence-electron chi connectivity index (χ2n) is 9.14. The molecule has 0 radical (unpaired) electrons. The Balaban J connectivity index is 1.33. The van der Waals surface area contributed by atoms with Crippen LogP contribution in [0.1, 0.15) is 56.1 Å². The lowest BCUT2D eigenvalue weighted by molar-refractivity contribution is -0.161. The highest BCUT2D eigenvalue weighted by molar-refractivity contribution is 5.81. The summed E-state index contributed by atoms with van der Waals surface area (Å²) in [6.07, 6.45) is 4.34. The lowest BCUT2D eigenvalue weighted by atomic mass is 9.69. The first kappa shape index (κ1) is 18.7. The summed E-state index contributed by atoms with van der Waals surface area (Å²) in [4.78, 5) is 14.4. The minimum Gasteiger partial charge on any atom is -0.435 e. The van der Waals surface area contributed by atoms with Crippen molar-refractivity contribution in [3.8, 4) is 5.75 Å². The topological polar surface area (TPSA) is 49.8 Å². The van der Waals surface area contributed by atoms with Crippen LogP contribution in [-0.4, -0.2) is 41.2 Å². The summed E-state index contributed by atoms with van der Waals surface area (Å²) in [6, 6.07) is 5.49. The molecule has 0 bridgehead atoms. The predicted molar refractivity (Wildman–Crippen MR) is 96.8 cm³/mol. The van der Waals surface area contributed by atoms with Gasteiger partial charge in [0, 0.05) is 24.4 Å². The van der Waals surface area contributed by atoms with Gasteiger partial charge in [0.25, 0.3) is 0 Å². The Kier molecular flexibility index (Phi) is 4.45. The molecule has 6 heteroatoms. The number of carbonyl (C=O) groups is 1. The first-order chi connectivity index (χ1) is 12.7. The van der Waals surface area contributed by atoms with Gasteiger partial charge in [0.05, 0.1) is 5.60 Å². The number of nitrogens with zero attached hydrogens (tertiary/aromatic N) is 1. The van der Waals surface area contributed by atoms with Gasteiger partial charge in [-0.3, -0.25) is 4.79 Å². The van der Waals surface area contributed by atoms with Crippen LogP contribution in [0.4, 0.5) is 8.78 Å². The Bertz CT molecular complexity index is 735. The highest BCUT2D eigenvalue weighted by Crippen LogP contribution is 2.53. The number of ether oxygens (including phenoxy) is 1. The molecule has 1 saturated heterocycles. The van der Waals surface area contributed by atoms with E-state index in [0.717, 1.165) is 37.9 Å². The Morgan fingerprint density at radius 1 is 1.30 bits per heavy atom. The maximum absolute atomic E-state index is 12.5. The number of aliphatic hydroxyl groups is 1. The van der Waals surface area contributed by atoms with Crippen LogP contribution in [-0.2, 0) is 4.79 Å². The molecule has 2 aliphatic carbocycles.